The largest absolute Gasteiger partial charge is 0.481 e. The number of aliphatic carboxylic acids is 1. The molecule has 0 aliphatic carbocycles. The minimum atomic E-state index is -1.01. The van der Waals surface area contributed by atoms with Gasteiger partial charge in [-0.25, -0.2) is 14.3 Å². The van der Waals surface area contributed by atoms with E-state index in [9.17, 15) is 9.59 Å². The number of aromatic carboxylic acids is 1. The molecule has 0 aliphatic heterocycles. The Bertz CT molecular complexity index is 1140. The van der Waals surface area contributed by atoms with Crippen molar-refractivity contribution in [2.24, 2.45) is 0 Å². The summed E-state index contributed by atoms with van der Waals surface area (Å²) in [5, 5.41) is 24.0. The molecule has 2 aromatic carbocycles. The third kappa shape index (κ3) is 2.81. The number of aromatic nitrogens is 4. The van der Waals surface area contributed by atoms with Crippen LogP contribution < -0.4 is 5.32 Å². The number of carboxylic acids is 2. The van der Waals surface area contributed by atoms with Crippen LogP contribution in [0.5, 0.6) is 0 Å². The van der Waals surface area contributed by atoms with E-state index in [1.807, 2.05) is 0 Å². The number of fused-ring (bicyclic) bond motifs is 3. The quantitative estimate of drug-likeness (QED) is 0.433. The Morgan fingerprint density at radius 2 is 1.85 bits per heavy atom. The summed E-state index contributed by atoms with van der Waals surface area (Å²) < 4.78 is 1.65. The normalized spacial score (nSPS) is 11.1. The van der Waals surface area contributed by atoms with E-state index in [1.165, 1.54) is 12.1 Å². The van der Waals surface area contributed by atoms with Crippen molar-refractivity contribution in [3.05, 3.63) is 53.6 Å². The van der Waals surface area contributed by atoms with Gasteiger partial charge in [0.1, 0.15) is 0 Å². The monoisotopic (exact) mass is 351 g/mol. The van der Waals surface area contributed by atoms with Crippen molar-refractivity contribution >= 4 is 40.4 Å². The molecule has 4 N–H and O–H groups in total. The van der Waals surface area contributed by atoms with Crippen molar-refractivity contribution in [3.8, 4) is 0 Å². The predicted molar refractivity (Wildman–Crippen MR) is 92.9 cm³/mol. The first kappa shape index (κ1) is 15.6. The molecule has 4 aromatic rings. The van der Waals surface area contributed by atoms with Gasteiger partial charge in [0, 0.05) is 5.69 Å². The molecule has 2 heterocycles. The Hall–Kier alpha value is -3.88. The number of nitrogens with one attached hydrogen (secondary N) is 2. The van der Waals surface area contributed by atoms with Gasteiger partial charge in [0.2, 0.25) is 5.95 Å². The van der Waals surface area contributed by atoms with Gasteiger partial charge >= 0.3 is 11.9 Å². The summed E-state index contributed by atoms with van der Waals surface area (Å²) in [5.41, 5.74) is 2.86. The second-order valence-electron chi connectivity index (χ2n) is 5.72. The van der Waals surface area contributed by atoms with E-state index in [-0.39, 0.29) is 12.0 Å². The first-order valence-corrected chi connectivity index (χ1v) is 7.69. The maximum Gasteiger partial charge on any atom is 0.335 e. The van der Waals surface area contributed by atoms with Gasteiger partial charge in [-0.3, -0.25) is 9.89 Å². The van der Waals surface area contributed by atoms with E-state index >= 15 is 0 Å². The molecule has 0 unspecified atom stereocenters. The number of carbonyl (C=O) groups is 2. The van der Waals surface area contributed by atoms with Crippen LogP contribution in [-0.4, -0.2) is 41.7 Å². The smallest absolute Gasteiger partial charge is 0.335 e. The van der Waals surface area contributed by atoms with E-state index in [0.29, 0.717) is 28.3 Å². The van der Waals surface area contributed by atoms with Crippen LogP contribution in [0.15, 0.2) is 42.5 Å². The highest BCUT2D eigenvalue weighted by Crippen LogP contribution is 2.20. The standard InChI is InChI=1S/C17H13N5O4/c23-14(24)7-9-1-4-11(5-2-9)18-16-20-17-19-12-8-10(15(25)26)3-6-13(12)22(17)21-16/h1-6,8H,7H2,(H,23,24)(H,25,26)(H2,18,19,20,21). The van der Waals surface area contributed by atoms with E-state index in [2.05, 4.69) is 20.4 Å². The van der Waals surface area contributed by atoms with E-state index in [0.717, 1.165) is 5.69 Å². The minimum absolute atomic E-state index is 0.0286. The number of nitrogens with zero attached hydrogens (tertiary/aromatic N) is 3. The first-order valence-electron chi connectivity index (χ1n) is 7.69. The second kappa shape index (κ2) is 5.88. The average Bonchev–Trinajstić information content (AvgIpc) is 3.12. The predicted octanol–water partition coefficient (Wildman–Crippen LogP) is 2.28. The molecule has 0 amide bonds. The molecule has 0 bridgehead atoms. The maximum atomic E-state index is 11.0. The fraction of sp³-hybridized carbons (Fsp3) is 0.0588. The molecule has 9 nitrogen and oxygen atoms in total. The molecule has 26 heavy (non-hydrogen) atoms. The summed E-state index contributed by atoms with van der Waals surface area (Å²) in [5.74, 6) is -1.02. The number of imidazole rings is 1. The molecule has 130 valence electrons. The number of hydrogen-bond acceptors (Lipinski definition) is 5. The molecule has 0 spiro atoms. The molecule has 2 aromatic heterocycles. The highest BCUT2D eigenvalue weighted by atomic mass is 16.4. The molecule has 0 aliphatic rings. The van der Waals surface area contributed by atoms with Crippen molar-refractivity contribution in [3.63, 3.8) is 0 Å². The van der Waals surface area contributed by atoms with Gasteiger partial charge in [0.15, 0.2) is 0 Å². The van der Waals surface area contributed by atoms with Crippen LogP contribution in [0.3, 0.4) is 0 Å². The van der Waals surface area contributed by atoms with Gasteiger partial charge in [-0.15, -0.1) is 0 Å². The Kier molecular flexibility index (Phi) is 3.54. The molecule has 0 fully saturated rings. The van der Waals surface area contributed by atoms with Gasteiger partial charge in [-0.2, -0.15) is 4.98 Å². The van der Waals surface area contributed by atoms with Crippen molar-refractivity contribution < 1.29 is 19.8 Å². The summed E-state index contributed by atoms with van der Waals surface area (Å²) >= 11 is 0. The van der Waals surface area contributed by atoms with Crippen molar-refractivity contribution in [2.45, 2.75) is 6.42 Å². The fourth-order valence-electron chi connectivity index (χ4n) is 2.69. The Morgan fingerprint density at radius 3 is 2.54 bits per heavy atom. The molecule has 0 radical (unpaired) electrons. The maximum absolute atomic E-state index is 11.0. The molecule has 4 rings (SSSR count). The summed E-state index contributed by atoms with van der Waals surface area (Å²) in [6, 6.07) is 11.7. The zero-order valence-corrected chi connectivity index (χ0v) is 13.3. The molecule has 0 saturated heterocycles. The summed E-state index contributed by atoms with van der Waals surface area (Å²) in [6.45, 7) is 0. The van der Waals surface area contributed by atoms with Crippen LogP contribution in [0, 0.1) is 0 Å². The summed E-state index contributed by atoms with van der Waals surface area (Å²) in [4.78, 5) is 30.4. The third-order valence-corrected chi connectivity index (χ3v) is 3.89. The topological polar surface area (TPSA) is 133 Å². The third-order valence-electron chi connectivity index (χ3n) is 3.89. The highest BCUT2D eigenvalue weighted by Gasteiger charge is 2.12. The van der Waals surface area contributed by atoms with Crippen LogP contribution in [-0.2, 0) is 11.2 Å². The van der Waals surface area contributed by atoms with Crippen LogP contribution in [0.4, 0.5) is 11.6 Å². The number of anilines is 2. The van der Waals surface area contributed by atoms with E-state index < -0.39 is 11.9 Å². The first-order chi connectivity index (χ1) is 12.5. The molecular formula is C17H13N5O4. The van der Waals surface area contributed by atoms with Gasteiger partial charge < -0.3 is 15.5 Å². The Morgan fingerprint density at radius 1 is 1.08 bits per heavy atom. The van der Waals surface area contributed by atoms with Crippen molar-refractivity contribution in [1.82, 2.24) is 19.6 Å². The lowest BCUT2D eigenvalue weighted by Crippen LogP contribution is -2.00. The van der Waals surface area contributed by atoms with Gasteiger partial charge in [-0.05, 0) is 35.9 Å². The zero-order valence-electron chi connectivity index (χ0n) is 13.3. The lowest BCUT2D eigenvalue weighted by molar-refractivity contribution is -0.136. The van der Waals surface area contributed by atoms with Crippen LogP contribution in [0.25, 0.3) is 16.8 Å². The van der Waals surface area contributed by atoms with Crippen LogP contribution >= 0.6 is 0 Å². The molecule has 0 atom stereocenters. The molecule has 9 heteroatoms. The average molecular weight is 351 g/mol. The second-order valence-corrected chi connectivity index (χ2v) is 5.72. The number of aromatic amines is 1. The molecule has 0 saturated carbocycles. The van der Waals surface area contributed by atoms with E-state index in [4.69, 9.17) is 10.2 Å². The van der Waals surface area contributed by atoms with Gasteiger partial charge in [0.25, 0.3) is 5.78 Å². The number of hydrogen-bond donors (Lipinski definition) is 4. The summed E-state index contributed by atoms with van der Waals surface area (Å²) in [6.07, 6.45) is -0.0286. The van der Waals surface area contributed by atoms with Gasteiger partial charge in [-0.1, -0.05) is 12.1 Å². The minimum Gasteiger partial charge on any atom is -0.481 e. The Balaban J connectivity index is 1.61. The molecular weight excluding hydrogens is 338 g/mol. The SMILES string of the molecule is O=C(O)Cc1ccc(Nc2nc3nc4cc(C(=O)O)ccc4n3[nH]2)cc1. The number of H-pyrrole nitrogens is 1. The number of benzene rings is 2. The summed E-state index contributed by atoms with van der Waals surface area (Å²) in [7, 11) is 0. The lowest BCUT2D eigenvalue weighted by Gasteiger charge is -2.03. The van der Waals surface area contributed by atoms with Crippen LogP contribution in [0.1, 0.15) is 15.9 Å². The lowest BCUT2D eigenvalue weighted by atomic mass is 10.1. The van der Waals surface area contributed by atoms with Crippen molar-refractivity contribution in [1.29, 1.82) is 0 Å². The zero-order chi connectivity index (χ0) is 18.3. The highest BCUT2D eigenvalue weighted by molar-refractivity contribution is 5.93. The van der Waals surface area contributed by atoms with Crippen molar-refractivity contribution in [2.75, 3.05) is 5.32 Å². The van der Waals surface area contributed by atoms with E-state index in [1.54, 1.807) is 34.8 Å². The number of rotatable bonds is 5. The number of carboxylic acid groups (broad SMARTS) is 2. The fourth-order valence-corrected chi connectivity index (χ4v) is 2.69. The van der Waals surface area contributed by atoms with Crippen LogP contribution in [0.2, 0.25) is 0 Å². The van der Waals surface area contributed by atoms with Gasteiger partial charge in [0.05, 0.1) is 23.0 Å². The Labute approximate surface area is 145 Å².